The van der Waals surface area contributed by atoms with Crippen molar-refractivity contribution >= 4 is 0 Å². The van der Waals surface area contributed by atoms with Gasteiger partial charge in [0.1, 0.15) is 23.0 Å². The molecular formula is C50H72N2O4. The minimum atomic E-state index is -0.218. The van der Waals surface area contributed by atoms with Crippen molar-refractivity contribution in [1.82, 2.24) is 9.80 Å². The van der Waals surface area contributed by atoms with Crippen LogP contribution in [-0.4, -0.2) is 43.3 Å². The van der Waals surface area contributed by atoms with Crippen LogP contribution in [0.2, 0.25) is 0 Å². The number of rotatable bonds is 11. The maximum Gasteiger partial charge on any atom is 0.122 e. The Morgan fingerprint density at radius 3 is 0.679 bits per heavy atom. The molecule has 0 aliphatic heterocycles. The molecule has 0 spiro atoms. The Bertz CT molecular complexity index is 1740. The van der Waals surface area contributed by atoms with Crippen LogP contribution in [0, 0.1) is 27.7 Å². The molecule has 0 saturated carbocycles. The van der Waals surface area contributed by atoms with Gasteiger partial charge in [-0.2, -0.15) is 0 Å². The van der Waals surface area contributed by atoms with Gasteiger partial charge in [-0.3, -0.25) is 9.80 Å². The third-order valence-electron chi connectivity index (χ3n) is 11.0. The van der Waals surface area contributed by atoms with Crippen molar-refractivity contribution in [2.75, 3.05) is 13.1 Å². The molecule has 0 atom stereocenters. The maximum atomic E-state index is 11.1. The van der Waals surface area contributed by atoms with Crippen molar-refractivity contribution in [3.63, 3.8) is 0 Å². The topological polar surface area (TPSA) is 87.4 Å². The van der Waals surface area contributed by atoms with E-state index in [1.807, 2.05) is 27.7 Å². The fraction of sp³-hybridized carbons (Fsp3) is 0.520. The van der Waals surface area contributed by atoms with Gasteiger partial charge in [-0.25, -0.2) is 0 Å². The smallest absolute Gasteiger partial charge is 0.122 e. The molecule has 0 aliphatic carbocycles. The van der Waals surface area contributed by atoms with Crippen molar-refractivity contribution in [2.45, 2.75) is 159 Å². The van der Waals surface area contributed by atoms with Crippen LogP contribution in [0.3, 0.4) is 0 Å². The van der Waals surface area contributed by atoms with Crippen LogP contribution < -0.4 is 0 Å². The SMILES string of the molecule is Cc1cc(CN(CCN(Cc2cc(C)c(O)c(C(C)(C)C)c2)Cc2cc(C)c(O)c(C(C)(C)C)c2)Cc2cc(C)c(O)c(C(C)(C)C)c2)cc(C(C)(C)C)c1O. The van der Waals surface area contributed by atoms with Crippen molar-refractivity contribution < 1.29 is 20.4 Å². The predicted octanol–water partition coefficient (Wildman–Crippen LogP) is 11.6. The van der Waals surface area contributed by atoms with Gasteiger partial charge in [-0.05, 0) is 116 Å². The normalized spacial score (nSPS) is 13.0. The first kappa shape index (κ1) is 44.7. The second kappa shape index (κ2) is 16.5. The van der Waals surface area contributed by atoms with Gasteiger partial charge in [-0.15, -0.1) is 0 Å². The summed E-state index contributed by atoms with van der Waals surface area (Å²) < 4.78 is 0. The Morgan fingerprint density at radius 1 is 0.339 bits per heavy atom. The van der Waals surface area contributed by atoms with Gasteiger partial charge in [0.15, 0.2) is 0 Å². The summed E-state index contributed by atoms with van der Waals surface area (Å²) in [4.78, 5) is 4.96. The third-order valence-corrected chi connectivity index (χ3v) is 11.0. The molecule has 0 radical (unpaired) electrons. The van der Waals surface area contributed by atoms with E-state index in [9.17, 15) is 20.4 Å². The predicted molar refractivity (Wildman–Crippen MR) is 234 cm³/mol. The van der Waals surface area contributed by atoms with E-state index in [0.29, 0.717) is 49.2 Å². The summed E-state index contributed by atoms with van der Waals surface area (Å²) in [5.41, 5.74) is 11.0. The van der Waals surface area contributed by atoms with Gasteiger partial charge < -0.3 is 20.4 Å². The van der Waals surface area contributed by atoms with Crippen LogP contribution in [0.1, 0.15) is 150 Å². The largest absolute Gasteiger partial charge is 0.507 e. The molecule has 4 aromatic rings. The average Bonchev–Trinajstić information content (AvgIpc) is 3.04. The standard InChI is InChI=1S/C50H72N2O4/c1-31-19-35(23-39(43(31)53)47(5,6)7)27-51(28-36-20-32(2)44(54)40(24-36)48(8,9)10)17-18-52(29-37-21-33(3)45(55)41(25-37)49(11,12)13)30-38-22-34(4)46(56)42(26-38)50(14,15)16/h19-26,53-56H,17-18,27-30H2,1-16H3. The lowest BCUT2D eigenvalue weighted by molar-refractivity contribution is 0.182. The number of hydrogen-bond donors (Lipinski definition) is 4. The van der Waals surface area contributed by atoms with Gasteiger partial charge >= 0.3 is 0 Å². The Labute approximate surface area is 339 Å². The molecule has 0 heterocycles. The van der Waals surface area contributed by atoms with E-state index in [2.05, 4.69) is 141 Å². The van der Waals surface area contributed by atoms with Gasteiger partial charge in [0.2, 0.25) is 0 Å². The Kier molecular flexibility index (Phi) is 13.1. The first-order valence-corrected chi connectivity index (χ1v) is 20.3. The molecule has 56 heavy (non-hydrogen) atoms. The second-order valence-corrected chi connectivity index (χ2v) is 20.7. The number of phenols is 4. The van der Waals surface area contributed by atoms with Crippen molar-refractivity contribution in [2.24, 2.45) is 0 Å². The van der Waals surface area contributed by atoms with Crippen LogP contribution in [0.4, 0.5) is 0 Å². The van der Waals surface area contributed by atoms with Gasteiger partial charge in [0.05, 0.1) is 0 Å². The van der Waals surface area contributed by atoms with Gasteiger partial charge in [0.25, 0.3) is 0 Å². The average molecular weight is 765 g/mol. The molecule has 4 N–H and O–H groups in total. The van der Waals surface area contributed by atoms with E-state index >= 15 is 0 Å². The molecular weight excluding hydrogens is 693 g/mol. The lowest BCUT2D eigenvalue weighted by atomic mass is 9.83. The summed E-state index contributed by atoms with van der Waals surface area (Å²) in [5.74, 6) is 1.45. The van der Waals surface area contributed by atoms with Crippen LogP contribution in [-0.2, 0) is 47.8 Å². The summed E-state index contributed by atoms with van der Waals surface area (Å²) in [6.07, 6.45) is 0. The molecule has 0 aromatic heterocycles. The number of benzene rings is 4. The highest BCUT2D eigenvalue weighted by atomic mass is 16.3. The minimum Gasteiger partial charge on any atom is -0.507 e. The summed E-state index contributed by atoms with van der Waals surface area (Å²) in [5, 5.41) is 44.3. The van der Waals surface area contributed by atoms with Crippen LogP contribution >= 0.6 is 0 Å². The minimum absolute atomic E-state index is 0.218. The molecule has 0 unspecified atom stereocenters. The number of phenolic OH excluding ortho intramolecular Hbond substituents is 4. The lowest BCUT2D eigenvalue weighted by Crippen LogP contribution is -2.34. The van der Waals surface area contributed by atoms with Crippen LogP contribution in [0.5, 0.6) is 23.0 Å². The number of aryl methyl sites for hydroxylation is 4. The highest BCUT2D eigenvalue weighted by Gasteiger charge is 2.26. The van der Waals surface area contributed by atoms with Crippen molar-refractivity contribution in [3.8, 4) is 23.0 Å². The van der Waals surface area contributed by atoms with Gasteiger partial charge in [0, 0.05) is 39.3 Å². The summed E-state index contributed by atoms with van der Waals surface area (Å²) in [7, 11) is 0. The zero-order valence-corrected chi connectivity index (χ0v) is 37.5. The lowest BCUT2D eigenvalue weighted by Gasteiger charge is -2.31. The monoisotopic (exact) mass is 765 g/mol. The molecule has 0 amide bonds. The van der Waals surface area contributed by atoms with E-state index in [-0.39, 0.29) is 21.7 Å². The van der Waals surface area contributed by atoms with E-state index in [1.54, 1.807) is 0 Å². The first-order valence-electron chi connectivity index (χ1n) is 20.3. The van der Waals surface area contributed by atoms with E-state index in [4.69, 9.17) is 0 Å². The molecule has 306 valence electrons. The Hall–Kier alpha value is -4.00. The van der Waals surface area contributed by atoms with Crippen molar-refractivity contribution in [1.29, 1.82) is 0 Å². The zero-order chi connectivity index (χ0) is 42.3. The first-order chi connectivity index (χ1) is 25.6. The highest BCUT2D eigenvalue weighted by molar-refractivity contribution is 5.49. The Morgan fingerprint density at radius 2 is 0.518 bits per heavy atom. The van der Waals surface area contributed by atoms with Crippen LogP contribution in [0.25, 0.3) is 0 Å². The summed E-state index contributed by atoms with van der Waals surface area (Å²) >= 11 is 0. The molecule has 6 nitrogen and oxygen atoms in total. The second-order valence-electron chi connectivity index (χ2n) is 20.7. The Balaban J connectivity index is 1.81. The van der Waals surface area contributed by atoms with E-state index in [0.717, 1.165) is 79.9 Å². The van der Waals surface area contributed by atoms with E-state index in [1.165, 1.54) is 0 Å². The fourth-order valence-corrected chi connectivity index (χ4v) is 7.81. The number of nitrogens with zero attached hydrogens (tertiary/aromatic N) is 2. The van der Waals surface area contributed by atoms with Crippen molar-refractivity contribution in [3.05, 3.63) is 115 Å². The quantitative estimate of drug-likeness (QED) is 0.122. The maximum absolute atomic E-state index is 11.1. The summed E-state index contributed by atoms with van der Waals surface area (Å²) in [6.45, 7) is 37.8. The summed E-state index contributed by atoms with van der Waals surface area (Å²) in [6, 6.07) is 17.1. The molecule has 0 saturated heterocycles. The fourth-order valence-electron chi connectivity index (χ4n) is 7.81. The molecule has 4 rings (SSSR count). The molecule has 0 bridgehead atoms. The number of aromatic hydroxyl groups is 4. The zero-order valence-electron chi connectivity index (χ0n) is 37.5. The molecule has 0 aliphatic rings. The third kappa shape index (κ3) is 10.9. The molecule has 0 fully saturated rings. The highest BCUT2D eigenvalue weighted by Crippen LogP contribution is 2.38. The molecule has 4 aromatic carbocycles. The number of hydrogen-bond acceptors (Lipinski definition) is 6. The van der Waals surface area contributed by atoms with Gasteiger partial charge in [-0.1, -0.05) is 132 Å². The van der Waals surface area contributed by atoms with Crippen LogP contribution in [0.15, 0.2) is 48.5 Å². The van der Waals surface area contributed by atoms with E-state index < -0.39 is 0 Å². The molecule has 6 heteroatoms.